The second-order valence-electron chi connectivity index (χ2n) is 3.92. The molecule has 0 bridgehead atoms. The lowest BCUT2D eigenvalue weighted by Gasteiger charge is -2.29. The SMILES string of the molecule is N=C1CCCCN1Cc1ccccc1Br. The van der Waals surface area contributed by atoms with Gasteiger partial charge < -0.3 is 4.90 Å². The summed E-state index contributed by atoms with van der Waals surface area (Å²) < 4.78 is 1.14. The van der Waals surface area contributed by atoms with Crippen LogP contribution in [0.4, 0.5) is 0 Å². The molecular weight excluding hydrogens is 252 g/mol. The zero-order chi connectivity index (χ0) is 10.7. The van der Waals surface area contributed by atoms with Crippen LogP contribution < -0.4 is 0 Å². The van der Waals surface area contributed by atoms with Gasteiger partial charge in [-0.3, -0.25) is 5.41 Å². The normalized spacial score (nSPS) is 16.9. The predicted molar refractivity (Wildman–Crippen MR) is 66.1 cm³/mol. The first kappa shape index (κ1) is 10.7. The molecule has 0 aromatic heterocycles. The Bertz CT molecular complexity index is 362. The van der Waals surface area contributed by atoms with Gasteiger partial charge in [-0.15, -0.1) is 0 Å². The molecule has 80 valence electrons. The Morgan fingerprint density at radius 3 is 2.80 bits per heavy atom. The molecule has 1 aromatic rings. The van der Waals surface area contributed by atoms with Crippen molar-refractivity contribution in [2.45, 2.75) is 25.8 Å². The Balaban J connectivity index is 2.08. The van der Waals surface area contributed by atoms with Crippen LogP contribution in [0.2, 0.25) is 0 Å². The molecule has 0 amide bonds. The Kier molecular flexibility index (Phi) is 3.41. The summed E-state index contributed by atoms with van der Waals surface area (Å²) in [4.78, 5) is 2.17. The molecule has 3 heteroatoms. The molecule has 2 nitrogen and oxygen atoms in total. The van der Waals surface area contributed by atoms with Crippen LogP contribution >= 0.6 is 15.9 Å². The summed E-state index contributed by atoms with van der Waals surface area (Å²) in [5.41, 5.74) is 1.27. The summed E-state index contributed by atoms with van der Waals surface area (Å²) in [6.07, 6.45) is 3.32. The second kappa shape index (κ2) is 4.79. The third kappa shape index (κ3) is 2.59. The molecule has 1 aromatic carbocycles. The number of nitrogens with zero attached hydrogens (tertiary/aromatic N) is 1. The standard InChI is InChI=1S/C12H15BrN2/c13-11-6-2-1-5-10(11)9-15-8-4-3-7-12(15)14/h1-2,5-6,14H,3-4,7-9H2. The van der Waals surface area contributed by atoms with Crippen molar-refractivity contribution >= 4 is 21.8 Å². The molecule has 1 N–H and O–H groups in total. The maximum absolute atomic E-state index is 7.88. The van der Waals surface area contributed by atoms with Gasteiger partial charge in [0.2, 0.25) is 0 Å². The third-order valence-electron chi connectivity index (χ3n) is 2.79. The number of nitrogens with one attached hydrogen (secondary N) is 1. The number of hydrogen-bond acceptors (Lipinski definition) is 1. The minimum absolute atomic E-state index is 0.789. The molecule has 1 heterocycles. The van der Waals surface area contributed by atoms with E-state index in [-0.39, 0.29) is 0 Å². The molecule has 1 aliphatic heterocycles. The van der Waals surface area contributed by atoms with E-state index in [1.807, 2.05) is 12.1 Å². The maximum atomic E-state index is 7.88. The summed E-state index contributed by atoms with van der Waals surface area (Å²) in [5, 5.41) is 7.88. The van der Waals surface area contributed by atoms with Crippen LogP contribution in [0.25, 0.3) is 0 Å². The molecule has 1 fully saturated rings. The van der Waals surface area contributed by atoms with Crippen molar-refractivity contribution in [2.24, 2.45) is 0 Å². The fraction of sp³-hybridized carbons (Fsp3) is 0.417. The van der Waals surface area contributed by atoms with Gasteiger partial charge in [0.05, 0.1) is 5.84 Å². The Labute approximate surface area is 98.9 Å². The summed E-state index contributed by atoms with van der Waals surface area (Å²) >= 11 is 3.55. The van der Waals surface area contributed by atoms with Crippen molar-refractivity contribution < 1.29 is 0 Å². The molecule has 1 aliphatic rings. The van der Waals surface area contributed by atoms with Gasteiger partial charge in [0.15, 0.2) is 0 Å². The van der Waals surface area contributed by atoms with Crippen molar-refractivity contribution in [3.63, 3.8) is 0 Å². The first-order valence-electron chi connectivity index (χ1n) is 5.33. The van der Waals surface area contributed by atoms with Gasteiger partial charge in [0.25, 0.3) is 0 Å². The summed E-state index contributed by atoms with van der Waals surface area (Å²) in [5.74, 6) is 0.789. The topological polar surface area (TPSA) is 27.1 Å². The van der Waals surface area contributed by atoms with Gasteiger partial charge in [-0.25, -0.2) is 0 Å². The Morgan fingerprint density at radius 2 is 2.07 bits per heavy atom. The van der Waals surface area contributed by atoms with Gasteiger partial charge >= 0.3 is 0 Å². The molecule has 15 heavy (non-hydrogen) atoms. The molecule has 0 atom stereocenters. The largest absolute Gasteiger partial charge is 0.356 e. The number of halogens is 1. The highest BCUT2D eigenvalue weighted by atomic mass is 79.9. The quantitative estimate of drug-likeness (QED) is 0.873. The highest BCUT2D eigenvalue weighted by Crippen LogP contribution is 2.20. The average molecular weight is 267 g/mol. The lowest BCUT2D eigenvalue weighted by Crippen LogP contribution is -2.34. The first-order valence-corrected chi connectivity index (χ1v) is 6.12. The number of piperidine rings is 1. The van der Waals surface area contributed by atoms with Crippen LogP contribution in [0.3, 0.4) is 0 Å². The zero-order valence-electron chi connectivity index (χ0n) is 8.67. The van der Waals surface area contributed by atoms with E-state index in [2.05, 4.69) is 33.0 Å². The summed E-state index contributed by atoms with van der Waals surface area (Å²) in [6.45, 7) is 1.89. The fourth-order valence-electron chi connectivity index (χ4n) is 1.89. The number of amidine groups is 1. The van der Waals surface area contributed by atoms with Crippen LogP contribution in [0, 0.1) is 5.41 Å². The minimum atomic E-state index is 0.789. The van der Waals surface area contributed by atoms with E-state index in [1.165, 1.54) is 18.4 Å². The molecule has 0 radical (unpaired) electrons. The summed E-state index contributed by atoms with van der Waals surface area (Å²) in [6, 6.07) is 8.25. The smallest absolute Gasteiger partial charge is 0.0960 e. The Hall–Kier alpha value is -0.830. The highest BCUT2D eigenvalue weighted by molar-refractivity contribution is 9.10. The van der Waals surface area contributed by atoms with E-state index < -0.39 is 0 Å². The van der Waals surface area contributed by atoms with E-state index in [0.29, 0.717) is 0 Å². The molecule has 0 unspecified atom stereocenters. The predicted octanol–water partition coefficient (Wildman–Crippen LogP) is 3.41. The highest BCUT2D eigenvalue weighted by Gasteiger charge is 2.15. The molecule has 1 saturated heterocycles. The number of hydrogen-bond donors (Lipinski definition) is 1. The van der Waals surface area contributed by atoms with E-state index in [9.17, 15) is 0 Å². The monoisotopic (exact) mass is 266 g/mol. The van der Waals surface area contributed by atoms with E-state index in [0.717, 1.165) is 29.8 Å². The Morgan fingerprint density at radius 1 is 1.27 bits per heavy atom. The molecule has 0 saturated carbocycles. The second-order valence-corrected chi connectivity index (χ2v) is 4.77. The average Bonchev–Trinajstić information content (AvgIpc) is 2.24. The molecule has 2 rings (SSSR count). The molecular formula is C12H15BrN2. The van der Waals surface area contributed by atoms with E-state index >= 15 is 0 Å². The van der Waals surface area contributed by atoms with Crippen molar-refractivity contribution in [2.75, 3.05) is 6.54 Å². The van der Waals surface area contributed by atoms with E-state index in [4.69, 9.17) is 5.41 Å². The first-order chi connectivity index (χ1) is 7.27. The lowest BCUT2D eigenvalue weighted by atomic mass is 10.1. The maximum Gasteiger partial charge on any atom is 0.0960 e. The minimum Gasteiger partial charge on any atom is -0.356 e. The number of likely N-dealkylation sites (tertiary alicyclic amines) is 1. The molecule has 0 aliphatic carbocycles. The van der Waals surface area contributed by atoms with Crippen LogP contribution in [0.1, 0.15) is 24.8 Å². The van der Waals surface area contributed by atoms with Crippen LogP contribution in [0.15, 0.2) is 28.7 Å². The van der Waals surface area contributed by atoms with Gasteiger partial charge in [0, 0.05) is 24.0 Å². The van der Waals surface area contributed by atoms with Crippen LogP contribution in [-0.4, -0.2) is 17.3 Å². The van der Waals surface area contributed by atoms with Crippen LogP contribution in [0.5, 0.6) is 0 Å². The fourth-order valence-corrected chi connectivity index (χ4v) is 2.31. The van der Waals surface area contributed by atoms with E-state index in [1.54, 1.807) is 0 Å². The van der Waals surface area contributed by atoms with Crippen molar-refractivity contribution in [1.29, 1.82) is 5.41 Å². The van der Waals surface area contributed by atoms with Crippen molar-refractivity contribution in [3.8, 4) is 0 Å². The van der Waals surface area contributed by atoms with Crippen LogP contribution in [-0.2, 0) is 6.54 Å². The molecule has 0 spiro atoms. The summed E-state index contributed by atoms with van der Waals surface area (Å²) in [7, 11) is 0. The van der Waals surface area contributed by atoms with Gasteiger partial charge in [0.1, 0.15) is 0 Å². The number of rotatable bonds is 2. The van der Waals surface area contributed by atoms with Gasteiger partial charge in [-0.05, 0) is 24.5 Å². The third-order valence-corrected chi connectivity index (χ3v) is 3.57. The van der Waals surface area contributed by atoms with Gasteiger partial charge in [-0.2, -0.15) is 0 Å². The number of benzene rings is 1. The lowest BCUT2D eigenvalue weighted by molar-refractivity contribution is 0.360. The van der Waals surface area contributed by atoms with Gasteiger partial charge in [-0.1, -0.05) is 34.1 Å². The zero-order valence-corrected chi connectivity index (χ0v) is 10.3. The van der Waals surface area contributed by atoms with Crippen molar-refractivity contribution in [3.05, 3.63) is 34.3 Å². The van der Waals surface area contributed by atoms with Crippen molar-refractivity contribution in [1.82, 2.24) is 4.90 Å².